The average Bonchev–Trinajstić information content (AvgIpc) is 2.70. The van der Waals surface area contributed by atoms with Crippen LogP contribution in [-0.4, -0.2) is 26.3 Å². The predicted octanol–water partition coefficient (Wildman–Crippen LogP) is 2.95. The van der Waals surface area contributed by atoms with Gasteiger partial charge in [-0.15, -0.1) is 0 Å². The van der Waals surface area contributed by atoms with Crippen molar-refractivity contribution in [2.45, 2.75) is 40.0 Å². The van der Waals surface area contributed by atoms with Crippen LogP contribution >= 0.6 is 0 Å². The molecule has 0 radical (unpaired) electrons. The molecule has 5 nitrogen and oxygen atoms in total. The average molecular weight is 301 g/mol. The Morgan fingerprint density at radius 2 is 2.00 bits per heavy atom. The van der Waals surface area contributed by atoms with Gasteiger partial charge in [-0.2, -0.15) is 8.42 Å². The molecule has 1 heterocycles. The van der Waals surface area contributed by atoms with Gasteiger partial charge in [0, 0.05) is 6.42 Å². The maximum Gasteiger partial charge on any atom is 0.264 e. The van der Waals surface area contributed by atoms with Crippen LogP contribution in [-0.2, 0) is 20.7 Å². The molecule has 20 heavy (non-hydrogen) atoms. The normalized spacial score (nSPS) is 12.7. The molecule has 0 amide bonds. The minimum Gasteiger partial charge on any atom is -0.442 e. The smallest absolute Gasteiger partial charge is 0.264 e. The molecule has 1 rings (SSSR count). The Labute approximate surface area is 121 Å². The molecular formula is C14H23NO4S. The third-order valence-electron chi connectivity index (χ3n) is 3.11. The Balaban J connectivity index is 2.63. The number of hydrogen-bond donors (Lipinski definition) is 0. The second-order valence-corrected chi connectivity index (χ2v) is 6.41. The first-order chi connectivity index (χ1) is 9.35. The molecule has 0 aromatic carbocycles. The fraction of sp³-hybridized carbons (Fsp3) is 0.643. The lowest BCUT2D eigenvalue weighted by Crippen LogP contribution is -2.06. The lowest BCUT2D eigenvalue weighted by atomic mass is 10.0. The van der Waals surface area contributed by atoms with Crippen molar-refractivity contribution in [2.24, 2.45) is 5.92 Å². The van der Waals surface area contributed by atoms with E-state index >= 15 is 0 Å². The van der Waals surface area contributed by atoms with Crippen molar-refractivity contribution in [3.8, 4) is 0 Å². The number of aryl methyl sites for hydroxylation is 1. The standard InChI is InChI=1S/C14H23NO4S/c1-5-12(6-2)7-8-14-15-13(11(3)19-14)9-10-18-20(4,16)17/h7-8,12H,5-6,9-10H2,1-4H3. The Morgan fingerprint density at radius 1 is 1.35 bits per heavy atom. The van der Waals surface area contributed by atoms with Crippen LogP contribution in [0.1, 0.15) is 44.0 Å². The van der Waals surface area contributed by atoms with E-state index in [0.717, 1.165) is 24.8 Å². The van der Waals surface area contributed by atoms with Gasteiger partial charge in [0.05, 0.1) is 18.6 Å². The lowest BCUT2D eigenvalue weighted by molar-refractivity contribution is 0.324. The van der Waals surface area contributed by atoms with Crippen LogP contribution in [0, 0.1) is 12.8 Å². The summed E-state index contributed by atoms with van der Waals surface area (Å²) in [7, 11) is -3.40. The largest absolute Gasteiger partial charge is 0.442 e. The Morgan fingerprint density at radius 3 is 2.55 bits per heavy atom. The van der Waals surface area contributed by atoms with Gasteiger partial charge in [0.2, 0.25) is 5.89 Å². The number of aromatic nitrogens is 1. The second-order valence-electron chi connectivity index (χ2n) is 4.77. The van der Waals surface area contributed by atoms with Crippen molar-refractivity contribution < 1.29 is 17.0 Å². The summed E-state index contributed by atoms with van der Waals surface area (Å²) < 4.78 is 32.0. The summed E-state index contributed by atoms with van der Waals surface area (Å²) in [4.78, 5) is 4.34. The molecule has 0 saturated carbocycles. The van der Waals surface area contributed by atoms with E-state index in [0.29, 0.717) is 24.0 Å². The number of hydrogen-bond acceptors (Lipinski definition) is 5. The minimum absolute atomic E-state index is 0.0852. The molecule has 0 unspecified atom stereocenters. The Bertz CT molecular complexity index is 542. The van der Waals surface area contributed by atoms with Crippen LogP contribution in [0.25, 0.3) is 6.08 Å². The zero-order valence-electron chi connectivity index (χ0n) is 12.5. The Kier molecular flexibility index (Phi) is 6.42. The van der Waals surface area contributed by atoms with Crippen molar-refractivity contribution in [1.82, 2.24) is 4.98 Å². The molecule has 0 atom stereocenters. The first-order valence-electron chi connectivity index (χ1n) is 6.84. The lowest BCUT2D eigenvalue weighted by Gasteiger charge is -2.03. The molecule has 0 aliphatic carbocycles. The fourth-order valence-electron chi connectivity index (χ4n) is 1.82. The van der Waals surface area contributed by atoms with Gasteiger partial charge >= 0.3 is 0 Å². The van der Waals surface area contributed by atoms with E-state index in [4.69, 9.17) is 8.60 Å². The molecular weight excluding hydrogens is 278 g/mol. The summed E-state index contributed by atoms with van der Waals surface area (Å²) in [6.45, 7) is 6.19. The zero-order valence-corrected chi connectivity index (χ0v) is 13.4. The van der Waals surface area contributed by atoms with Crippen molar-refractivity contribution in [3.63, 3.8) is 0 Å². The third kappa shape index (κ3) is 5.88. The second kappa shape index (κ2) is 7.59. The quantitative estimate of drug-likeness (QED) is 0.690. The van der Waals surface area contributed by atoms with Crippen LogP contribution in [0.2, 0.25) is 0 Å². The van der Waals surface area contributed by atoms with Crippen LogP contribution in [0.4, 0.5) is 0 Å². The summed E-state index contributed by atoms with van der Waals surface area (Å²) in [5.41, 5.74) is 0.734. The van der Waals surface area contributed by atoms with E-state index in [9.17, 15) is 8.42 Å². The first-order valence-corrected chi connectivity index (χ1v) is 8.66. The van der Waals surface area contributed by atoms with Crippen molar-refractivity contribution in [3.05, 3.63) is 23.4 Å². The van der Waals surface area contributed by atoms with E-state index < -0.39 is 10.1 Å². The zero-order chi connectivity index (χ0) is 15.2. The SMILES string of the molecule is CCC(C=Cc1nc(CCOS(C)(=O)=O)c(C)o1)CC. The van der Waals surface area contributed by atoms with Gasteiger partial charge in [0.1, 0.15) is 5.76 Å². The van der Waals surface area contributed by atoms with E-state index in [-0.39, 0.29) is 6.61 Å². The minimum atomic E-state index is -3.40. The summed E-state index contributed by atoms with van der Waals surface area (Å²) >= 11 is 0. The summed E-state index contributed by atoms with van der Waals surface area (Å²) in [5, 5.41) is 0. The molecule has 0 aliphatic heterocycles. The van der Waals surface area contributed by atoms with Gasteiger partial charge in [0.25, 0.3) is 10.1 Å². The highest BCUT2D eigenvalue weighted by atomic mass is 32.2. The molecule has 0 spiro atoms. The maximum atomic E-state index is 10.9. The van der Waals surface area contributed by atoms with Crippen LogP contribution in [0.5, 0.6) is 0 Å². The van der Waals surface area contributed by atoms with Crippen molar-refractivity contribution in [1.29, 1.82) is 0 Å². The molecule has 0 N–H and O–H groups in total. The van der Waals surface area contributed by atoms with Crippen LogP contribution in [0.15, 0.2) is 10.5 Å². The predicted molar refractivity (Wildman–Crippen MR) is 78.8 cm³/mol. The fourth-order valence-corrected chi connectivity index (χ4v) is 2.21. The molecule has 1 aromatic rings. The molecule has 0 aliphatic rings. The molecule has 0 fully saturated rings. The molecule has 0 bridgehead atoms. The van der Waals surface area contributed by atoms with Crippen LogP contribution < -0.4 is 0 Å². The topological polar surface area (TPSA) is 69.4 Å². The summed E-state index contributed by atoms with van der Waals surface area (Å²) in [6.07, 6.45) is 7.60. The third-order valence-corrected chi connectivity index (χ3v) is 3.70. The van der Waals surface area contributed by atoms with Crippen molar-refractivity contribution in [2.75, 3.05) is 12.9 Å². The highest BCUT2D eigenvalue weighted by Gasteiger charge is 2.10. The van der Waals surface area contributed by atoms with Gasteiger partial charge in [-0.3, -0.25) is 4.18 Å². The van der Waals surface area contributed by atoms with Gasteiger partial charge in [-0.25, -0.2) is 4.98 Å². The van der Waals surface area contributed by atoms with E-state index in [1.165, 1.54) is 0 Å². The van der Waals surface area contributed by atoms with Crippen LogP contribution in [0.3, 0.4) is 0 Å². The van der Waals surface area contributed by atoms with Gasteiger partial charge in [-0.05, 0) is 31.8 Å². The van der Waals surface area contributed by atoms with Gasteiger partial charge in [0.15, 0.2) is 0 Å². The van der Waals surface area contributed by atoms with Gasteiger partial charge < -0.3 is 4.42 Å². The molecule has 6 heteroatoms. The molecule has 0 saturated heterocycles. The number of rotatable bonds is 8. The number of oxazole rings is 1. The highest BCUT2D eigenvalue weighted by Crippen LogP contribution is 2.15. The maximum absolute atomic E-state index is 10.9. The number of allylic oxidation sites excluding steroid dienone is 1. The highest BCUT2D eigenvalue weighted by molar-refractivity contribution is 7.85. The summed E-state index contributed by atoms with van der Waals surface area (Å²) in [5.74, 6) is 1.79. The monoisotopic (exact) mass is 301 g/mol. The molecule has 114 valence electrons. The first kappa shape index (κ1) is 16.9. The van der Waals surface area contributed by atoms with Gasteiger partial charge in [-0.1, -0.05) is 19.9 Å². The molecule has 1 aromatic heterocycles. The van der Waals surface area contributed by atoms with E-state index in [1.54, 1.807) is 0 Å². The van der Waals surface area contributed by atoms with Crippen molar-refractivity contribution >= 4 is 16.2 Å². The Hall–Kier alpha value is -1.14. The van der Waals surface area contributed by atoms with E-state index in [1.807, 2.05) is 13.0 Å². The van der Waals surface area contributed by atoms with E-state index in [2.05, 4.69) is 24.9 Å². The number of nitrogens with zero attached hydrogens (tertiary/aromatic N) is 1. The summed E-state index contributed by atoms with van der Waals surface area (Å²) in [6, 6.07) is 0.